The van der Waals surface area contributed by atoms with E-state index in [9.17, 15) is 0 Å². The van der Waals surface area contributed by atoms with Gasteiger partial charge in [0.05, 0.1) is 11.7 Å². The summed E-state index contributed by atoms with van der Waals surface area (Å²) in [4.78, 5) is 11.2. The molecule has 0 fully saturated rings. The van der Waals surface area contributed by atoms with Crippen molar-refractivity contribution in [1.82, 2.24) is 14.9 Å². The van der Waals surface area contributed by atoms with Gasteiger partial charge >= 0.3 is 0 Å². The molecular weight excluding hydrogens is 348 g/mol. The maximum Gasteiger partial charge on any atom is 0.246 e. The number of nitrogens with one attached hydrogen (secondary N) is 2. The molecule has 0 radical (unpaired) electrons. The lowest BCUT2D eigenvalue weighted by Gasteiger charge is -2.13. The van der Waals surface area contributed by atoms with Crippen molar-refractivity contribution < 1.29 is 0 Å². The summed E-state index contributed by atoms with van der Waals surface area (Å²) in [5, 5.41) is 9.27. The number of halogens is 1. The van der Waals surface area contributed by atoms with E-state index in [-0.39, 0.29) is 0 Å². The van der Waals surface area contributed by atoms with Crippen LogP contribution in [0.1, 0.15) is 5.56 Å². The third-order valence-corrected chi connectivity index (χ3v) is 3.95. The van der Waals surface area contributed by atoms with Gasteiger partial charge in [0.15, 0.2) is 0 Å². The van der Waals surface area contributed by atoms with E-state index in [1.165, 1.54) is 0 Å². The Labute approximate surface area is 157 Å². The van der Waals surface area contributed by atoms with Crippen LogP contribution in [0.3, 0.4) is 0 Å². The van der Waals surface area contributed by atoms with Crippen LogP contribution in [-0.4, -0.2) is 48.3 Å². The number of likely N-dealkylation sites (N-methyl/N-ethyl adjacent to an activating group) is 1. The van der Waals surface area contributed by atoms with Gasteiger partial charge in [0.1, 0.15) is 5.82 Å². The monoisotopic (exact) mass is 368 g/mol. The molecule has 7 heteroatoms. The average molecular weight is 369 g/mol. The molecule has 2 N–H and O–H groups in total. The van der Waals surface area contributed by atoms with Crippen LogP contribution < -0.4 is 10.7 Å². The quantitative estimate of drug-likeness (QED) is 0.491. The Kier molecular flexibility index (Phi) is 5.99. The Balaban J connectivity index is 1.78. The first-order chi connectivity index (χ1) is 12.6. The van der Waals surface area contributed by atoms with Gasteiger partial charge in [0.2, 0.25) is 5.95 Å². The summed E-state index contributed by atoms with van der Waals surface area (Å²) in [7, 11) is 4.08. The number of rotatable bonds is 7. The van der Waals surface area contributed by atoms with Gasteiger partial charge in [0, 0.05) is 23.5 Å². The van der Waals surface area contributed by atoms with Gasteiger partial charge in [-0.3, -0.25) is 0 Å². The third kappa shape index (κ3) is 4.91. The second kappa shape index (κ2) is 8.60. The minimum absolute atomic E-state index is 0.446. The maximum atomic E-state index is 5.89. The second-order valence-corrected chi connectivity index (χ2v) is 6.50. The van der Waals surface area contributed by atoms with Crippen molar-refractivity contribution in [3.63, 3.8) is 0 Å². The molecule has 3 aromatic rings. The standard InChI is InChI=1S/C19H21ClN6/c1-26(2)12-11-21-18-16-5-3-4-6-17(16)23-19(24-18)25-22-13-14-7-9-15(20)10-8-14/h3-10,13H,11-12H2,1-2H3,(H2,21,23,24,25)/b22-13+. The Bertz CT molecular complexity index is 892. The Morgan fingerprint density at radius 1 is 1.08 bits per heavy atom. The number of hydrogen-bond donors (Lipinski definition) is 2. The molecule has 0 atom stereocenters. The van der Waals surface area contributed by atoms with E-state index >= 15 is 0 Å². The van der Waals surface area contributed by atoms with Gasteiger partial charge in [-0.15, -0.1) is 0 Å². The lowest BCUT2D eigenvalue weighted by molar-refractivity contribution is 0.425. The van der Waals surface area contributed by atoms with Crippen LogP contribution in [0.4, 0.5) is 11.8 Å². The van der Waals surface area contributed by atoms with Crippen molar-refractivity contribution >= 4 is 40.5 Å². The first-order valence-electron chi connectivity index (χ1n) is 8.32. The highest BCUT2D eigenvalue weighted by Gasteiger charge is 2.06. The number of aromatic nitrogens is 2. The van der Waals surface area contributed by atoms with Crippen molar-refractivity contribution in [1.29, 1.82) is 0 Å². The zero-order valence-electron chi connectivity index (χ0n) is 14.8. The first-order valence-corrected chi connectivity index (χ1v) is 8.69. The van der Waals surface area contributed by atoms with Crippen molar-refractivity contribution in [2.75, 3.05) is 37.9 Å². The van der Waals surface area contributed by atoms with E-state index in [1.807, 2.05) is 62.6 Å². The van der Waals surface area contributed by atoms with Crippen LogP contribution in [0.2, 0.25) is 5.02 Å². The SMILES string of the molecule is CN(C)CCNc1nc(N/N=C/c2ccc(Cl)cc2)nc2ccccc12. The molecular formula is C19H21ClN6. The fourth-order valence-electron chi connectivity index (χ4n) is 2.37. The lowest BCUT2D eigenvalue weighted by Crippen LogP contribution is -2.21. The van der Waals surface area contributed by atoms with Gasteiger partial charge in [-0.05, 0) is 43.9 Å². The predicted molar refractivity (Wildman–Crippen MR) is 109 cm³/mol. The molecule has 0 unspecified atom stereocenters. The molecule has 0 spiro atoms. The molecule has 3 rings (SSSR count). The molecule has 0 aliphatic rings. The number of para-hydroxylation sites is 1. The fraction of sp³-hybridized carbons (Fsp3) is 0.211. The van der Waals surface area contributed by atoms with Crippen LogP contribution >= 0.6 is 11.6 Å². The van der Waals surface area contributed by atoms with Crippen molar-refractivity contribution in [3.8, 4) is 0 Å². The largest absolute Gasteiger partial charge is 0.368 e. The summed E-state index contributed by atoms with van der Waals surface area (Å²) >= 11 is 5.89. The van der Waals surface area contributed by atoms with Gasteiger partial charge in [-0.1, -0.05) is 35.9 Å². The lowest BCUT2D eigenvalue weighted by atomic mass is 10.2. The molecule has 0 saturated carbocycles. The normalized spacial score (nSPS) is 11.4. The first kappa shape index (κ1) is 18.1. The number of anilines is 2. The highest BCUT2D eigenvalue weighted by Crippen LogP contribution is 2.21. The van der Waals surface area contributed by atoms with Crippen LogP contribution in [0.25, 0.3) is 10.9 Å². The van der Waals surface area contributed by atoms with Crippen LogP contribution in [0.5, 0.6) is 0 Å². The Hall–Kier alpha value is -2.70. The van der Waals surface area contributed by atoms with E-state index < -0.39 is 0 Å². The molecule has 1 aromatic heterocycles. The third-order valence-electron chi connectivity index (χ3n) is 3.70. The average Bonchev–Trinajstić information content (AvgIpc) is 2.63. The van der Waals surface area contributed by atoms with Gasteiger partial charge < -0.3 is 10.2 Å². The molecule has 2 aromatic carbocycles. The molecule has 0 aliphatic heterocycles. The summed E-state index contributed by atoms with van der Waals surface area (Å²) in [6, 6.07) is 15.3. The van der Waals surface area contributed by atoms with Gasteiger partial charge in [-0.2, -0.15) is 10.1 Å². The molecule has 0 aliphatic carbocycles. The van der Waals surface area contributed by atoms with E-state index in [0.29, 0.717) is 11.0 Å². The minimum Gasteiger partial charge on any atom is -0.368 e. The van der Waals surface area contributed by atoms with Crippen LogP contribution in [0.15, 0.2) is 53.6 Å². The Morgan fingerprint density at radius 2 is 1.85 bits per heavy atom. The van der Waals surface area contributed by atoms with E-state index in [1.54, 1.807) is 6.21 Å². The van der Waals surface area contributed by atoms with Crippen molar-refractivity contribution in [2.24, 2.45) is 5.10 Å². The summed E-state index contributed by atoms with van der Waals surface area (Å²) < 4.78 is 0. The molecule has 134 valence electrons. The fourth-order valence-corrected chi connectivity index (χ4v) is 2.50. The molecule has 0 saturated heterocycles. The van der Waals surface area contributed by atoms with Crippen LogP contribution in [0, 0.1) is 0 Å². The highest BCUT2D eigenvalue weighted by atomic mass is 35.5. The zero-order chi connectivity index (χ0) is 18.4. The van der Waals surface area contributed by atoms with Crippen molar-refractivity contribution in [2.45, 2.75) is 0 Å². The number of fused-ring (bicyclic) bond motifs is 1. The zero-order valence-corrected chi connectivity index (χ0v) is 15.5. The minimum atomic E-state index is 0.446. The predicted octanol–water partition coefficient (Wildman–Crippen LogP) is 3.70. The molecule has 1 heterocycles. The summed E-state index contributed by atoms with van der Waals surface area (Å²) in [5.41, 5.74) is 4.70. The van der Waals surface area contributed by atoms with Gasteiger partial charge in [0.25, 0.3) is 0 Å². The Morgan fingerprint density at radius 3 is 2.62 bits per heavy atom. The second-order valence-electron chi connectivity index (χ2n) is 6.06. The summed E-state index contributed by atoms with van der Waals surface area (Å²) in [5.74, 6) is 1.24. The number of hydrazone groups is 1. The van der Waals surface area contributed by atoms with E-state index in [2.05, 4.69) is 30.7 Å². The maximum absolute atomic E-state index is 5.89. The summed E-state index contributed by atoms with van der Waals surface area (Å²) in [6.45, 7) is 1.71. The summed E-state index contributed by atoms with van der Waals surface area (Å²) in [6.07, 6.45) is 1.70. The highest BCUT2D eigenvalue weighted by molar-refractivity contribution is 6.30. The number of nitrogens with zero attached hydrogens (tertiary/aromatic N) is 4. The number of hydrogen-bond acceptors (Lipinski definition) is 6. The molecule has 26 heavy (non-hydrogen) atoms. The van der Waals surface area contributed by atoms with Gasteiger partial charge in [-0.25, -0.2) is 10.4 Å². The van der Waals surface area contributed by atoms with E-state index in [4.69, 9.17) is 11.6 Å². The molecule has 6 nitrogen and oxygen atoms in total. The molecule has 0 amide bonds. The van der Waals surface area contributed by atoms with Crippen LogP contribution in [-0.2, 0) is 0 Å². The smallest absolute Gasteiger partial charge is 0.246 e. The van der Waals surface area contributed by atoms with E-state index in [0.717, 1.165) is 35.4 Å². The van der Waals surface area contributed by atoms with Crippen molar-refractivity contribution in [3.05, 3.63) is 59.1 Å². The number of benzene rings is 2. The molecule has 0 bridgehead atoms. The topological polar surface area (TPSA) is 65.4 Å².